The normalized spacial score (nSPS) is 14.8. The van der Waals surface area contributed by atoms with Crippen molar-refractivity contribution in [3.63, 3.8) is 0 Å². The van der Waals surface area contributed by atoms with E-state index in [1.54, 1.807) is 14.0 Å². The number of benzene rings is 1. The van der Waals surface area contributed by atoms with Gasteiger partial charge < -0.3 is 15.6 Å². The van der Waals surface area contributed by atoms with Crippen molar-refractivity contribution in [1.29, 1.82) is 0 Å². The van der Waals surface area contributed by atoms with E-state index < -0.39 is 5.60 Å². The summed E-state index contributed by atoms with van der Waals surface area (Å²) in [6.45, 7) is 5.83. The van der Waals surface area contributed by atoms with Gasteiger partial charge in [0.25, 0.3) is 0 Å². The predicted molar refractivity (Wildman–Crippen MR) is 61.1 cm³/mol. The predicted octanol–water partition coefficient (Wildman–Crippen LogP) is 1.48. The SMILES string of the molecule is COc1cc(C)c(C(C)(O)CN)cc1C. The van der Waals surface area contributed by atoms with Gasteiger partial charge in [-0.1, -0.05) is 0 Å². The lowest BCUT2D eigenvalue weighted by Gasteiger charge is -2.25. The van der Waals surface area contributed by atoms with Crippen LogP contribution in [0.4, 0.5) is 0 Å². The highest BCUT2D eigenvalue weighted by atomic mass is 16.5. The van der Waals surface area contributed by atoms with Gasteiger partial charge in [-0.2, -0.15) is 0 Å². The fourth-order valence-electron chi connectivity index (χ4n) is 1.70. The Morgan fingerprint density at radius 3 is 2.40 bits per heavy atom. The fraction of sp³-hybridized carbons (Fsp3) is 0.500. The van der Waals surface area contributed by atoms with E-state index in [0.717, 1.165) is 22.4 Å². The Hall–Kier alpha value is -1.06. The number of hydrogen-bond donors (Lipinski definition) is 2. The molecule has 1 rings (SSSR count). The molecule has 0 aliphatic heterocycles. The zero-order chi connectivity index (χ0) is 11.6. The second-order valence-corrected chi connectivity index (χ2v) is 4.11. The molecule has 84 valence electrons. The molecule has 0 bridgehead atoms. The maximum Gasteiger partial charge on any atom is 0.122 e. The van der Waals surface area contributed by atoms with Crippen LogP contribution in [0.25, 0.3) is 0 Å². The first kappa shape index (κ1) is 12.0. The summed E-state index contributed by atoms with van der Waals surface area (Å²) < 4.78 is 5.21. The van der Waals surface area contributed by atoms with Crippen LogP contribution in [0.1, 0.15) is 23.6 Å². The van der Waals surface area contributed by atoms with Crippen LogP contribution in [-0.4, -0.2) is 18.8 Å². The lowest BCUT2D eigenvalue weighted by atomic mass is 9.90. The summed E-state index contributed by atoms with van der Waals surface area (Å²) in [5.74, 6) is 0.837. The van der Waals surface area contributed by atoms with E-state index >= 15 is 0 Å². The summed E-state index contributed by atoms with van der Waals surface area (Å²) in [6, 6.07) is 3.86. The Morgan fingerprint density at radius 2 is 1.93 bits per heavy atom. The van der Waals surface area contributed by atoms with E-state index in [2.05, 4.69) is 0 Å². The van der Waals surface area contributed by atoms with Gasteiger partial charge in [-0.15, -0.1) is 0 Å². The lowest BCUT2D eigenvalue weighted by molar-refractivity contribution is 0.0660. The first-order valence-electron chi connectivity index (χ1n) is 5.00. The van der Waals surface area contributed by atoms with Gasteiger partial charge in [-0.05, 0) is 49.6 Å². The summed E-state index contributed by atoms with van der Waals surface area (Å²) in [4.78, 5) is 0. The standard InChI is InChI=1S/C12H19NO2/c1-8-6-11(15-4)9(2)5-10(8)12(3,14)7-13/h5-6,14H,7,13H2,1-4H3. The van der Waals surface area contributed by atoms with Crippen LogP contribution in [0.5, 0.6) is 5.75 Å². The zero-order valence-electron chi connectivity index (χ0n) is 9.79. The summed E-state index contributed by atoms with van der Waals surface area (Å²) in [7, 11) is 1.64. The van der Waals surface area contributed by atoms with E-state index in [1.807, 2.05) is 26.0 Å². The molecule has 15 heavy (non-hydrogen) atoms. The minimum Gasteiger partial charge on any atom is -0.496 e. The van der Waals surface area contributed by atoms with E-state index in [4.69, 9.17) is 10.5 Å². The molecule has 0 heterocycles. The first-order chi connectivity index (χ1) is 6.92. The lowest BCUT2D eigenvalue weighted by Crippen LogP contribution is -2.32. The zero-order valence-corrected chi connectivity index (χ0v) is 9.79. The van der Waals surface area contributed by atoms with Crippen molar-refractivity contribution in [3.8, 4) is 5.75 Å². The smallest absolute Gasteiger partial charge is 0.122 e. The van der Waals surface area contributed by atoms with Crippen molar-refractivity contribution in [2.24, 2.45) is 5.73 Å². The summed E-state index contributed by atoms with van der Waals surface area (Å²) in [5.41, 5.74) is 7.44. The van der Waals surface area contributed by atoms with Crippen molar-refractivity contribution in [2.75, 3.05) is 13.7 Å². The van der Waals surface area contributed by atoms with Crippen LogP contribution < -0.4 is 10.5 Å². The fourth-order valence-corrected chi connectivity index (χ4v) is 1.70. The van der Waals surface area contributed by atoms with Gasteiger partial charge in [0.2, 0.25) is 0 Å². The molecule has 0 radical (unpaired) electrons. The molecule has 1 unspecified atom stereocenters. The summed E-state index contributed by atoms with van der Waals surface area (Å²) in [5, 5.41) is 10.1. The van der Waals surface area contributed by atoms with E-state index in [0.29, 0.717) is 0 Å². The number of aliphatic hydroxyl groups is 1. The summed E-state index contributed by atoms with van der Waals surface area (Å²) >= 11 is 0. The van der Waals surface area contributed by atoms with Crippen LogP contribution >= 0.6 is 0 Å². The highest BCUT2D eigenvalue weighted by Crippen LogP contribution is 2.29. The van der Waals surface area contributed by atoms with Crippen LogP contribution in [0.3, 0.4) is 0 Å². The van der Waals surface area contributed by atoms with Gasteiger partial charge in [0.1, 0.15) is 5.75 Å². The molecule has 0 saturated heterocycles. The Kier molecular flexibility index (Phi) is 3.37. The molecule has 0 aliphatic rings. The molecule has 0 amide bonds. The van der Waals surface area contributed by atoms with Crippen molar-refractivity contribution in [1.82, 2.24) is 0 Å². The minimum absolute atomic E-state index is 0.208. The van der Waals surface area contributed by atoms with Crippen molar-refractivity contribution in [3.05, 3.63) is 28.8 Å². The number of nitrogens with two attached hydrogens (primary N) is 1. The molecule has 3 N–H and O–H groups in total. The van der Waals surface area contributed by atoms with Gasteiger partial charge in [-0.25, -0.2) is 0 Å². The van der Waals surface area contributed by atoms with Crippen LogP contribution in [-0.2, 0) is 5.60 Å². The molecular formula is C12H19NO2. The highest BCUT2D eigenvalue weighted by molar-refractivity contribution is 5.43. The number of aryl methyl sites for hydroxylation is 2. The highest BCUT2D eigenvalue weighted by Gasteiger charge is 2.23. The van der Waals surface area contributed by atoms with Gasteiger partial charge in [0, 0.05) is 6.54 Å². The van der Waals surface area contributed by atoms with E-state index in [-0.39, 0.29) is 6.54 Å². The van der Waals surface area contributed by atoms with Crippen LogP contribution in [0.15, 0.2) is 12.1 Å². The molecule has 0 aliphatic carbocycles. The molecule has 1 aromatic carbocycles. The average Bonchev–Trinajstić information content (AvgIpc) is 2.20. The third-order valence-electron chi connectivity index (χ3n) is 2.72. The molecular weight excluding hydrogens is 190 g/mol. The monoisotopic (exact) mass is 209 g/mol. The largest absolute Gasteiger partial charge is 0.496 e. The maximum absolute atomic E-state index is 10.1. The number of hydrogen-bond acceptors (Lipinski definition) is 3. The third-order valence-corrected chi connectivity index (χ3v) is 2.72. The maximum atomic E-state index is 10.1. The van der Waals surface area contributed by atoms with Crippen molar-refractivity contribution < 1.29 is 9.84 Å². The van der Waals surface area contributed by atoms with E-state index in [9.17, 15) is 5.11 Å². The quantitative estimate of drug-likeness (QED) is 0.792. The summed E-state index contributed by atoms with van der Waals surface area (Å²) in [6.07, 6.45) is 0. The second kappa shape index (κ2) is 4.21. The minimum atomic E-state index is -0.971. The molecule has 0 spiro atoms. The molecule has 0 aromatic heterocycles. The Labute approximate surface area is 90.9 Å². The van der Waals surface area contributed by atoms with Gasteiger partial charge in [0.15, 0.2) is 0 Å². The number of methoxy groups -OCH3 is 1. The van der Waals surface area contributed by atoms with Crippen molar-refractivity contribution in [2.45, 2.75) is 26.4 Å². The van der Waals surface area contributed by atoms with Crippen molar-refractivity contribution >= 4 is 0 Å². The van der Waals surface area contributed by atoms with Gasteiger partial charge >= 0.3 is 0 Å². The molecule has 1 atom stereocenters. The number of ether oxygens (including phenoxy) is 1. The average molecular weight is 209 g/mol. The number of rotatable bonds is 3. The molecule has 1 aromatic rings. The Bertz CT molecular complexity index is 359. The Balaban J connectivity index is 3.28. The first-order valence-corrected chi connectivity index (χ1v) is 5.00. The molecule has 3 nitrogen and oxygen atoms in total. The molecule has 0 fully saturated rings. The Morgan fingerprint density at radius 1 is 1.33 bits per heavy atom. The topological polar surface area (TPSA) is 55.5 Å². The van der Waals surface area contributed by atoms with Gasteiger partial charge in [-0.3, -0.25) is 0 Å². The van der Waals surface area contributed by atoms with Gasteiger partial charge in [0.05, 0.1) is 12.7 Å². The third kappa shape index (κ3) is 2.30. The molecule has 3 heteroatoms. The van der Waals surface area contributed by atoms with Crippen LogP contribution in [0.2, 0.25) is 0 Å². The van der Waals surface area contributed by atoms with Crippen LogP contribution in [0, 0.1) is 13.8 Å². The van der Waals surface area contributed by atoms with E-state index in [1.165, 1.54) is 0 Å². The second-order valence-electron chi connectivity index (χ2n) is 4.11. The molecule has 0 saturated carbocycles.